The first kappa shape index (κ1) is 16.3. The van der Waals surface area contributed by atoms with E-state index in [4.69, 9.17) is 14.2 Å². The van der Waals surface area contributed by atoms with E-state index in [0.29, 0.717) is 39.3 Å². The molecule has 0 spiro atoms. The van der Waals surface area contributed by atoms with Gasteiger partial charge >= 0.3 is 0 Å². The highest BCUT2D eigenvalue weighted by atomic mass is 16.6. The van der Waals surface area contributed by atoms with Crippen molar-refractivity contribution in [3.05, 3.63) is 25.3 Å². The predicted molar refractivity (Wildman–Crippen MR) is 64.4 cm³/mol. The van der Waals surface area contributed by atoms with Crippen LogP contribution in [0.4, 0.5) is 0 Å². The van der Waals surface area contributed by atoms with Gasteiger partial charge in [-0.2, -0.15) is 0 Å². The molecular weight excluding hydrogens is 224 g/mol. The molecule has 0 bridgehead atoms. The maximum Gasteiger partial charge on any atom is 0.157 e. The smallest absolute Gasteiger partial charge is 0.157 e. The molecule has 0 saturated carbocycles. The fraction of sp³-hybridized carbons (Fsp3) is 0.667. The van der Waals surface area contributed by atoms with Gasteiger partial charge in [-0.05, 0) is 0 Å². The lowest BCUT2D eigenvalue weighted by atomic mass is 10.4. The number of rotatable bonds is 12. The molecule has 100 valence electrons. The molecule has 2 unspecified atom stereocenters. The molecule has 0 amide bonds. The summed E-state index contributed by atoms with van der Waals surface area (Å²) in [5.74, 6) is 0. The first-order chi connectivity index (χ1) is 8.20. The molecule has 5 heteroatoms. The molecule has 0 aliphatic carbocycles. The van der Waals surface area contributed by atoms with Crippen molar-refractivity contribution in [1.29, 1.82) is 0 Å². The van der Waals surface area contributed by atoms with E-state index in [-0.39, 0.29) is 0 Å². The minimum absolute atomic E-state index is 0.315. The third-order valence-electron chi connectivity index (χ3n) is 1.83. The van der Waals surface area contributed by atoms with Crippen LogP contribution in [0.2, 0.25) is 0 Å². The molecule has 2 atom stereocenters. The fourth-order valence-corrected chi connectivity index (χ4v) is 0.995. The molecule has 0 heterocycles. The average molecular weight is 246 g/mol. The van der Waals surface area contributed by atoms with E-state index >= 15 is 0 Å². The van der Waals surface area contributed by atoms with Crippen molar-refractivity contribution in [1.82, 2.24) is 0 Å². The number of hydrogen-bond acceptors (Lipinski definition) is 5. The largest absolute Gasteiger partial charge is 0.381 e. The van der Waals surface area contributed by atoms with E-state index < -0.39 is 12.6 Å². The van der Waals surface area contributed by atoms with Crippen molar-refractivity contribution in [3.63, 3.8) is 0 Å². The first-order valence-corrected chi connectivity index (χ1v) is 5.59. The zero-order chi connectivity index (χ0) is 12.9. The van der Waals surface area contributed by atoms with E-state index in [1.807, 2.05) is 0 Å². The van der Waals surface area contributed by atoms with E-state index in [9.17, 15) is 10.2 Å². The third kappa shape index (κ3) is 11.5. The highest BCUT2D eigenvalue weighted by Gasteiger charge is 2.05. The Morgan fingerprint density at radius 2 is 1.29 bits per heavy atom. The zero-order valence-corrected chi connectivity index (χ0v) is 10.1. The Kier molecular flexibility index (Phi) is 11.3. The predicted octanol–water partition coefficient (Wildman–Crippen LogP) is 0.825. The van der Waals surface area contributed by atoms with Crippen LogP contribution in [-0.4, -0.2) is 49.2 Å². The Morgan fingerprint density at radius 1 is 0.882 bits per heavy atom. The van der Waals surface area contributed by atoms with E-state index in [0.717, 1.165) is 0 Å². The lowest BCUT2D eigenvalue weighted by Crippen LogP contribution is -2.17. The third-order valence-corrected chi connectivity index (χ3v) is 1.83. The maximum atomic E-state index is 9.27. The van der Waals surface area contributed by atoms with Gasteiger partial charge in [0.15, 0.2) is 12.6 Å². The molecule has 5 nitrogen and oxygen atoms in total. The molecule has 2 N–H and O–H groups in total. The summed E-state index contributed by atoms with van der Waals surface area (Å²) in [7, 11) is 0. The van der Waals surface area contributed by atoms with E-state index in [1.165, 1.54) is 0 Å². The summed E-state index contributed by atoms with van der Waals surface area (Å²) in [5.41, 5.74) is 0. The number of hydrogen-bond donors (Lipinski definition) is 2. The van der Waals surface area contributed by atoms with Crippen molar-refractivity contribution in [2.75, 3.05) is 26.4 Å². The maximum absolute atomic E-state index is 9.27. The van der Waals surface area contributed by atoms with Gasteiger partial charge in [0.1, 0.15) is 0 Å². The van der Waals surface area contributed by atoms with Crippen molar-refractivity contribution in [2.24, 2.45) is 0 Å². The lowest BCUT2D eigenvalue weighted by Gasteiger charge is -2.12. The average Bonchev–Trinajstić information content (AvgIpc) is 2.33. The normalized spacial score (nSPS) is 14.2. The molecule has 0 aliphatic rings. The molecule has 0 aliphatic heterocycles. The summed E-state index contributed by atoms with van der Waals surface area (Å²) in [6.45, 7) is 8.30. The van der Waals surface area contributed by atoms with Crippen molar-refractivity contribution >= 4 is 0 Å². The Balaban J connectivity index is 3.27. The second-order valence-electron chi connectivity index (χ2n) is 3.34. The summed E-state index contributed by atoms with van der Waals surface area (Å²) < 4.78 is 15.1. The van der Waals surface area contributed by atoms with Crippen LogP contribution >= 0.6 is 0 Å². The van der Waals surface area contributed by atoms with E-state index in [2.05, 4.69) is 13.2 Å². The minimum Gasteiger partial charge on any atom is -0.381 e. The molecule has 0 rings (SSSR count). The van der Waals surface area contributed by atoms with Gasteiger partial charge < -0.3 is 24.4 Å². The van der Waals surface area contributed by atoms with E-state index in [1.54, 1.807) is 12.2 Å². The molecule has 0 fully saturated rings. The van der Waals surface area contributed by atoms with Gasteiger partial charge in [-0.15, -0.1) is 13.2 Å². The van der Waals surface area contributed by atoms with Gasteiger partial charge in [0.2, 0.25) is 0 Å². The van der Waals surface area contributed by atoms with Crippen LogP contribution in [0.3, 0.4) is 0 Å². The quantitative estimate of drug-likeness (QED) is 0.303. The first-order valence-electron chi connectivity index (χ1n) is 5.59. The molecular formula is C12H22O5. The molecule has 0 aromatic rings. The molecule has 0 aromatic carbocycles. The second-order valence-corrected chi connectivity index (χ2v) is 3.34. The van der Waals surface area contributed by atoms with Gasteiger partial charge in [0.25, 0.3) is 0 Å². The Labute approximate surface area is 102 Å². The minimum atomic E-state index is -0.838. The Hall–Kier alpha value is -0.720. The standard InChI is InChI=1S/C12H22O5/c1-3-7-16-11(13)5-9-15-10-6-12(14)17-8-4-2/h3-4,11-14H,1-2,5-10H2. The van der Waals surface area contributed by atoms with Gasteiger partial charge in [-0.1, -0.05) is 12.2 Å². The zero-order valence-electron chi connectivity index (χ0n) is 10.1. The van der Waals surface area contributed by atoms with Crippen molar-refractivity contribution in [3.8, 4) is 0 Å². The van der Waals surface area contributed by atoms with Gasteiger partial charge in [-0.3, -0.25) is 0 Å². The van der Waals surface area contributed by atoms with Crippen LogP contribution < -0.4 is 0 Å². The van der Waals surface area contributed by atoms with Crippen LogP contribution in [0.15, 0.2) is 25.3 Å². The van der Waals surface area contributed by atoms with Gasteiger partial charge in [0.05, 0.1) is 26.4 Å². The summed E-state index contributed by atoms with van der Waals surface area (Å²) in [4.78, 5) is 0. The van der Waals surface area contributed by atoms with Crippen LogP contribution in [0, 0.1) is 0 Å². The van der Waals surface area contributed by atoms with Crippen molar-refractivity contribution in [2.45, 2.75) is 25.4 Å². The fourth-order valence-electron chi connectivity index (χ4n) is 0.995. The van der Waals surface area contributed by atoms with Crippen LogP contribution in [0.25, 0.3) is 0 Å². The Bertz CT molecular complexity index is 175. The highest BCUT2D eigenvalue weighted by Crippen LogP contribution is 1.98. The monoisotopic (exact) mass is 246 g/mol. The number of ether oxygens (including phenoxy) is 3. The highest BCUT2D eigenvalue weighted by molar-refractivity contribution is 4.64. The molecule has 17 heavy (non-hydrogen) atoms. The van der Waals surface area contributed by atoms with Crippen molar-refractivity contribution < 1.29 is 24.4 Å². The van der Waals surface area contributed by atoms with Crippen LogP contribution in [0.1, 0.15) is 12.8 Å². The number of aliphatic hydroxyl groups is 2. The lowest BCUT2D eigenvalue weighted by molar-refractivity contribution is -0.115. The topological polar surface area (TPSA) is 68.2 Å². The van der Waals surface area contributed by atoms with Gasteiger partial charge in [-0.25, -0.2) is 0 Å². The number of aliphatic hydroxyl groups excluding tert-OH is 2. The summed E-state index contributed by atoms with van der Waals surface area (Å²) in [6.07, 6.45) is 2.23. The summed E-state index contributed by atoms with van der Waals surface area (Å²) >= 11 is 0. The summed E-state index contributed by atoms with van der Waals surface area (Å²) in [5, 5.41) is 18.5. The SMILES string of the molecule is C=CCOC(O)CCOCCC(O)OCC=C. The van der Waals surface area contributed by atoms with Crippen LogP contribution in [0.5, 0.6) is 0 Å². The van der Waals surface area contributed by atoms with Gasteiger partial charge in [0, 0.05) is 12.8 Å². The molecule has 0 saturated heterocycles. The summed E-state index contributed by atoms with van der Waals surface area (Å²) in [6, 6.07) is 0. The van der Waals surface area contributed by atoms with Crippen LogP contribution in [-0.2, 0) is 14.2 Å². The molecule has 0 radical (unpaired) electrons. The Morgan fingerprint density at radius 3 is 1.65 bits per heavy atom. The molecule has 0 aromatic heterocycles. The second kappa shape index (κ2) is 11.8.